The predicted octanol–water partition coefficient (Wildman–Crippen LogP) is 3.32. The Balaban J connectivity index is 1.67. The lowest BCUT2D eigenvalue weighted by molar-refractivity contribution is 0.197. The van der Waals surface area contributed by atoms with Crippen LogP contribution in [0.15, 0.2) is 12.1 Å². The molecule has 1 aromatic rings. The molecule has 4 heteroatoms. The first-order chi connectivity index (χ1) is 9.26. The second-order valence-corrected chi connectivity index (χ2v) is 6.45. The standard InChI is InChI=1S/C15H18ClNO2/c16-11-7-14-13(6-10(11)12-2-1-5-17-12)18-8-15(3-4-15)9-19-14/h6-7,12,17H,1-5,8-9H2. The van der Waals surface area contributed by atoms with E-state index in [1.807, 2.05) is 6.07 Å². The van der Waals surface area contributed by atoms with Crippen LogP contribution in [0.3, 0.4) is 0 Å². The van der Waals surface area contributed by atoms with Crippen LogP contribution < -0.4 is 14.8 Å². The van der Waals surface area contributed by atoms with Gasteiger partial charge >= 0.3 is 0 Å². The molecule has 2 aliphatic heterocycles. The molecule has 0 bridgehead atoms. The van der Waals surface area contributed by atoms with Gasteiger partial charge in [-0.15, -0.1) is 0 Å². The second kappa shape index (κ2) is 4.29. The molecule has 19 heavy (non-hydrogen) atoms. The second-order valence-electron chi connectivity index (χ2n) is 6.05. The third-order valence-electron chi connectivity index (χ3n) is 4.52. The monoisotopic (exact) mass is 279 g/mol. The van der Waals surface area contributed by atoms with Crippen molar-refractivity contribution in [2.75, 3.05) is 19.8 Å². The number of ether oxygens (including phenoxy) is 2. The molecule has 1 unspecified atom stereocenters. The van der Waals surface area contributed by atoms with Crippen LogP contribution in [-0.2, 0) is 0 Å². The van der Waals surface area contributed by atoms with Crippen LogP contribution in [0.5, 0.6) is 11.5 Å². The third-order valence-corrected chi connectivity index (χ3v) is 4.85. The van der Waals surface area contributed by atoms with E-state index in [0.29, 0.717) is 6.04 Å². The van der Waals surface area contributed by atoms with E-state index in [0.717, 1.165) is 48.3 Å². The summed E-state index contributed by atoms with van der Waals surface area (Å²) in [4.78, 5) is 0. The molecule has 0 amide bonds. The van der Waals surface area contributed by atoms with Crippen LogP contribution in [0.4, 0.5) is 0 Å². The van der Waals surface area contributed by atoms with Gasteiger partial charge in [0, 0.05) is 22.5 Å². The van der Waals surface area contributed by atoms with E-state index in [1.54, 1.807) is 0 Å². The van der Waals surface area contributed by atoms with E-state index in [2.05, 4.69) is 11.4 Å². The van der Waals surface area contributed by atoms with Crippen LogP contribution >= 0.6 is 11.6 Å². The lowest BCUT2D eigenvalue weighted by Crippen LogP contribution is -2.17. The zero-order chi connectivity index (χ0) is 12.9. The summed E-state index contributed by atoms with van der Waals surface area (Å²) in [5.74, 6) is 1.66. The number of nitrogens with one attached hydrogen (secondary N) is 1. The fourth-order valence-electron chi connectivity index (χ4n) is 2.96. The van der Waals surface area contributed by atoms with Gasteiger partial charge in [0.1, 0.15) is 0 Å². The largest absolute Gasteiger partial charge is 0.489 e. The summed E-state index contributed by atoms with van der Waals surface area (Å²) in [5, 5.41) is 4.27. The lowest BCUT2D eigenvalue weighted by atomic mass is 10.0. The number of benzene rings is 1. The van der Waals surface area contributed by atoms with Crippen molar-refractivity contribution in [2.24, 2.45) is 5.41 Å². The maximum atomic E-state index is 6.41. The highest BCUT2D eigenvalue weighted by molar-refractivity contribution is 6.31. The summed E-state index contributed by atoms with van der Waals surface area (Å²) in [7, 11) is 0. The Hall–Kier alpha value is -0.930. The molecule has 2 heterocycles. The Morgan fingerprint density at radius 2 is 1.89 bits per heavy atom. The van der Waals surface area contributed by atoms with E-state index in [1.165, 1.54) is 19.3 Å². The molecule has 4 rings (SSSR count). The van der Waals surface area contributed by atoms with Crippen molar-refractivity contribution < 1.29 is 9.47 Å². The molecule has 1 aliphatic carbocycles. The minimum absolute atomic E-state index is 0.275. The average Bonchev–Trinajstić information content (AvgIpc) is 3.03. The number of rotatable bonds is 1. The van der Waals surface area contributed by atoms with Crippen molar-refractivity contribution in [1.82, 2.24) is 5.32 Å². The molecule has 0 aromatic heterocycles. The van der Waals surface area contributed by atoms with E-state index < -0.39 is 0 Å². The van der Waals surface area contributed by atoms with Gasteiger partial charge in [-0.05, 0) is 43.9 Å². The summed E-state index contributed by atoms with van der Waals surface area (Å²) in [6.07, 6.45) is 4.78. The predicted molar refractivity (Wildman–Crippen MR) is 74.1 cm³/mol. The topological polar surface area (TPSA) is 30.5 Å². The van der Waals surface area contributed by atoms with Gasteiger partial charge in [-0.1, -0.05) is 11.6 Å². The van der Waals surface area contributed by atoms with Crippen molar-refractivity contribution in [3.05, 3.63) is 22.7 Å². The Morgan fingerprint density at radius 3 is 2.53 bits per heavy atom. The average molecular weight is 280 g/mol. The Labute approximate surface area is 118 Å². The number of hydrogen-bond donors (Lipinski definition) is 1. The van der Waals surface area contributed by atoms with Gasteiger partial charge in [0.05, 0.1) is 13.2 Å². The van der Waals surface area contributed by atoms with E-state index in [4.69, 9.17) is 21.1 Å². The first-order valence-corrected chi connectivity index (χ1v) is 7.46. The zero-order valence-electron chi connectivity index (χ0n) is 10.9. The highest BCUT2D eigenvalue weighted by Gasteiger charge is 2.46. The van der Waals surface area contributed by atoms with Gasteiger partial charge in [0.15, 0.2) is 11.5 Å². The molecule has 2 fully saturated rings. The third kappa shape index (κ3) is 2.09. The number of fused-ring (bicyclic) bond motifs is 1. The molecule has 3 aliphatic rings. The Morgan fingerprint density at radius 1 is 1.16 bits per heavy atom. The van der Waals surface area contributed by atoms with Crippen molar-refractivity contribution in [1.29, 1.82) is 0 Å². The van der Waals surface area contributed by atoms with Crippen LogP contribution in [-0.4, -0.2) is 19.8 Å². The zero-order valence-corrected chi connectivity index (χ0v) is 11.6. The first kappa shape index (κ1) is 11.9. The molecule has 1 aromatic carbocycles. The molecular formula is C15H18ClNO2. The van der Waals surface area contributed by atoms with E-state index in [-0.39, 0.29) is 5.41 Å². The van der Waals surface area contributed by atoms with Gasteiger partial charge in [-0.3, -0.25) is 0 Å². The molecular weight excluding hydrogens is 262 g/mol. The SMILES string of the molecule is Clc1cc2c(cc1C1CCCN1)OCC1(CC1)CO2. The summed E-state index contributed by atoms with van der Waals surface area (Å²) >= 11 is 6.41. The fourth-order valence-corrected chi connectivity index (χ4v) is 3.25. The van der Waals surface area contributed by atoms with Crippen molar-refractivity contribution in [3.8, 4) is 11.5 Å². The molecule has 3 nitrogen and oxygen atoms in total. The molecule has 1 spiro atoms. The molecule has 102 valence electrons. The summed E-state index contributed by atoms with van der Waals surface area (Å²) in [5.41, 5.74) is 1.42. The van der Waals surface area contributed by atoms with Gasteiger partial charge < -0.3 is 14.8 Å². The van der Waals surface area contributed by atoms with Gasteiger partial charge in [0.2, 0.25) is 0 Å². The molecule has 1 saturated heterocycles. The highest BCUT2D eigenvalue weighted by atomic mass is 35.5. The van der Waals surface area contributed by atoms with E-state index >= 15 is 0 Å². The van der Waals surface area contributed by atoms with Crippen LogP contribution in [0.1, 0.15) is 37.3 Å². The molecule has 1 atom stereocenters. The summed E-state index contributed by atoms with van der Waals surface area (Å²) < 4.78 is 11.9. The van der Waals surface area contributed by atoms with Crippen LogP contribution in [0.2, 0.25) is 5.02 Å². The Kier molecular flexibility index (Phi) is 2.68. The minimum atomic E-state index is 0.275. The molecule has 1 N–H and O–H groups in total. The van der Waals surface area contributed by atoms with Crippen molar-refractivity contribution in [2.45, 2.75) is 31.7 Å². The summed E-state index contributed by atoms with van der Waals surface area (Å²) in [6.45, 7) is 2.61. The number of halogens is 1. The normalized spacial score (nSPS) is 27.3. The van der Waals surface area contributed by atoms with Crippen molar-refractivity contribution >= 4 is 11.6 Å². The number of hydrogen-bond acceptors (Lipinski definition) is 3. The van der Waals surface area contributed by atoms with Crippen molar-refractivity contribution in [3.63, 3.8) is 0 Å². The van der Waals surface area contributed by atoms with Crippen LogP contribution in [0.25, 0.3) is 0 Å². The molecule has 0 radical (unpaired) electrons. The highest BCUT2D eigenvalue weighted by Crippen LogP contribution is 2.50. The van der Waals surface area contributed by atoms with Gasteiger partial charge in [-0.2, -0.15) is 0 Å². The maximum absolute atomic E-state index is 6.41. The first-order valence-electron chi connectivity index (χ1n) is 7.08. The van der Waals surface area contributed by atoms with Gasteiger partial charge in [0.25, 0.3) is 0 Å². The maximum Gasteiger partial charge on any atom is 0.162 e. The lowest BCUT2D eigenvalue weighted by Gasteiger charge is -2.16. The minimum Gasteiger partial charge on any atom is -0.489 e. The quantitative estimate of drug-likeness (QED) is 0.855. The summed E-state index contributed by atoms with van der Waals surface area (Å²) in [6, 6.07) is 4.36. The van der Waals surface area contributed by atoms with Gasteiger partial charge in [-0.25, -0.2) is 0 Å². The fraction of sp³-hybridized carbons (Fsp3) is 0.600. The molecule has 1 saturated carbocycles. The Bertz CT molecular complexity index is 507. The van der Waals surface area contributed by atoms with Crippen LogP contribution in [0, 0.1) is 5.41 Å². The smallest absolute Gasteiger partial charge is 0.162 e. The van der Waals surface area contributed by atoms with E-state index in [9.17, 15) is 0 Å².